The van der Waals surface area contributed by atoms with E-state index in [-0.39, 0.29) is 17.1 Å². The number of nitrogens with two attached hydrogens (primary N) is 2. The fourth-order valence-electron chi connectivity index (χ4n) is 0.924. The van der Waals surface area contributed by atoms with Gasteiger partial charge in [0.1, 0.15) is 0 Å². The standard InChI is InChI=1S/C8H20O5P2S2.C2H4N2O2.Cu/c1-5-9-14(16,10-6-2)13-15(17,11-7-3)12-8-4;3-1(5)2(4)6;/h5-8H2,1-4H3;(H2,3,5)(H2,4,6);/q;;+1. The molecule has 24 heavy (non-hydrogen) atoms. The number of amides is 2. The van der Waals surface area contributed by atoms with Crippen LogP contribution in [-0.4, -0.2) is 38.2 Å². The van der Waals surface area contributed by atoms with Gasteiger partial charge in [0, 0.05) is 0 Å². The second-order valence-electron chi connectivity index (χ2n) is 3.38. The summed E-state index contributed by atoms with van der Waals surface area (Å²) in [5.74, 6) is -2.20. The molecule has 0 rings (SSSR count). The minimum Gasteiger partial charge on any atom is -0.361 e. The molecule has 0 radical (unpaired) electrons. The molecule has 0 bridgehead atoms. The third-order valence-electron chi connectivity index (χ3n) is 1.59. The third kappa shape index (κ3) is 14.9. The third-order valence-corrected chi connectivity index (χ3v) is 7.95. The van der Waals surface area contributed by atoms with Crippen LogP contribution in [0.25, 0.3) is 0 Å². The van der Waals surface area contributed by atoms with Gasteiger partial charge in [-0.25, -0.2) is 4.31 Å². The van der Waals surface area contributed by atoms with Crippen molar-refractivity contribution in [1.82, 2.24) is 0 Å². The van der Waals surface area contributed by atoms with E-state index in [1.807, 2.05) is 27.7 Å². The Labute approximate surface area is 163 Å². The minimum absolute atomic E-state index is 0. The molecule has 0 aliphatic carbocycles. The summed E-state index contributed by atoms with van der Waals surface area (Å²) in [5.41, 5.74) is 8.64. The van der Waals surface area contributed by atoms with Gasteiger partial charge in [-0.15, -0.1) is 0 Å². The molecule has 0 spiro atoms. The normalized spacial score (nSPS) is 11.0. The quantitative estimate of drug-likeness (QED) is 0.275. The molecule has 0 heterocycles. The number of carbonyl (C=O) groups excluding carboxylic acids is 2. The van der Waals surface area contributed by atoms with E-state index in [1.54, 1.807) is 0 Å². The fraction of sp³-hybridized carbons (Fsp3) is 0.800. The Morgan fingerprint density at radius 2 is 0.958 bits per heavy atom. The van der Waals surface area contributed by atoms with Crippen LogP contribution in [0.3, 0.4) is 0 Å². The topological polar surface area (TPSA) is 132 Å². The van der Waals surface area contributed by atoms with Crippen molar-refractivity contribution in [1.29, 1.82) is 0 Å². The van der Waals surface area contributed by atoms with Crippen molar-refractivity contribution in [3.8, 4) is 0 Å². The molecular formula is C10H24CuN2O7P2S2+. The molecule has 0 fully saturated rings. The van der Waals surface area contributed by atoms with Crippen molar-refractivity contribution < 1.29 is 49.1 Å². The first-order chi connectivity index (χ1) is 10.6. The zero-order valence-electron chi connectivity index (χ0n) is 13.9. The maximum atomic E-state index is 9.45. The first-order valence-corrected chi connectivity index (χ1v) is 11.8. The Balaban J connectivity index is -0.000000538. The molecule has 0 aromatic carbocycles. The second-order valence-corrected chi connectivity index (χ2v) is 9.53. The molecule has 0 saturated heterocycles. The predicted octanol–water partition coefficient (Wildman–Crippen LogP) is 1.55. The number of rotatable bonds is 10. The minimum atomic E-state index is -2.87. The van der Waals surface area contributed by atoms with Gasteiger partial charge in [-0.3, -0.25) is 9.59 Å². The number of hydrogen-bond acceptors (Lipinski definition) is 9. The van der Waals surface area contributed by atoms with E-state index in [2.05, 4.69) is 11.5 Å². The van der Waals surface area contributed by atoms with Crippen molar-refractivity contribution in [2.24, 2.45) is 11.5 Å². The second kappa shape index (κ2) is 15.8. The first-order valence-electron chi connectivity index (χ1n) is 6.68. The average molecular weight is 474 g/mol. The smallest absolute Gasteiger partial charge is 0.361 e. The summed E-state index contributed by atoms with van der Waals surface area (Å²) in [6.07, 6.45) is 0. The molecule has 0 saturated carbocycles. The van der Waals surface area contributed by atoms with Crippen LogP contribution < -0.4 is 11.5 Å². The molecule has 9 nitrogen and oxygen atoms in total. The Hall–Kier alpha value is 0.559. The summed E-state index contributed by atoms with van der Waals surface area (Å²) in [6, 6.07) is 0. The molecular weight excluding hydrogens is 450 g/mol. The van der Waals surface area contributed by atoms with Crippen LogP contribution >= 0.6 is 13.4 Å². The van der Waals surface area contributed by atoms with Crippen molar-refractivity contribution in [3.05, 3.63) is 0 Å². The van der Waals surface area contributed by atoms with Gasteiger partial charge in [0.15, 0.2) is 0 Å². The summed E-state index contributed by atoms with van der Waals surface area (Å²) in [5, 5.41) is 0. The Bertz CT molecular complexity index is 410. The zero-order valence-corrected chi connectivity index (χ0v) is 18.2. The molecule has 148 valence electrons. The monoisotopic (exact) mass is 473 g/mol. The molecule has 14 heteroatoms. The Morgan fingerprint density at radius 1 is 0.750 bits per heavy atom. The summed E-state index contributed by atoms with van der Waals surface area (Å²) in [4.78, 5) is 18.9. The molecule has 4 N–H and O–H groups in total. The first kappa shape index (κ1) is 29.3. The van der Waals surface area contributed by atoms with Crippen LogP contribution in [0.1, 0.15) is 27.7 Å². The Kier molecular flexibility index (Phi) is 19.3. The maximum Gasteiger partial charge on any atom is 1.00 e. The van der Waals surface area contributed by atoms with Crippen molar-refractivity contribution in [2.75, 3.05) is 26.4 Å². The maximum absolute atomic E-state index is 9.45. The van der Waals surface area contributed by atoms with Gasteiger partial charge in [-0.2, -0.15) is 0 Å². The average Bonchev–Trinajstić information content (AvgIpc) is 2.39. The van der Waals surface area contributed by atoms with Gasteiger partial charge in [-0.1, -0.05) is 0 Å². The van der Waals surface area contributed by atoms with Crippen LogP contribution in [0.15, 0.2) is 0 Å². The SMILES string of the molecule is CCOP(=S)(OCC)OP(=S)(OCC)OCC.NC(=O)C(N)=O.[Cu+]. The van der Waals surface area contributed by atoms with E-state index >= 15 is 0 Å². The van der Waals surface area contributed by atoms with E-state index < -0.39 is 25.3 Å². The summed E-state index contributed by atoms with van der Waals surface area (Å²) in [6.45, 7) is 3.09. The molecule has 0 aliphatic rings. The van der Waals surface area contributed by atoms with Crippen LogP contribution in [0.2, 0.25) is 0 Å². The molecule has 0 unspecified atom stereocenters. The number of primary amides is 2. The summed E-state index contributed by atoms with van der Waals surface area (Å²) < 4.78 is 26.9. The van der Waals surface area contributed by atoms with Gasteiger partial charge in [0.2, 0.25) is 0 Å². The van der Waals surface area contributed by atoms with Gasteiger partial charge < -0.3 is 29.6 Å². The molecule has 0 aromatic rings. The summed E-state index contributed by atoms with van der Waals surface area (Å²) >= 11 is 10.4. The zero-order chi connectivity index (χ0) is 18.5. The van der Waals surface area contributed by atoms with Gasteiger partial charge >= 0.3 is 42.3 Å². The summed E-state index contributed by atoms with van der Waals surface area (Å²) in [7, 11) is 0. The molecule has 0 atom stereocenters. The Morgan fingerprint density at radius 3 is 1.08 bits per heavy atom. The van der Waals surface area contributed by atoms with Gasteiger partial charge in [0.25, 0.3) is 0 Å². The number of carbonyl (C=O) groups is 2. The van der Waals surface area contributed by atoms with Gasteiger partial charge in [-0.05, 0) is 51.3 Å². The van der Waals surface area contributed by atoms with E-state index in [4.69, 9.17) is 46.0 Å². The van der Waals surface area contributed by atoms with Crippen LogP contribution in [-0.2, 0) is 72.7 Å². The van der Waals surface area contributed by atoms with Crippen LogP contribution in [0.5, 0.6) is 0 Å². The van der Waals surface area contributed by atoms with Gasteiger partial charge in [0.05, 0.1) is 26.4 Å². The van der Waals surface area contributed by atoms with Crippen molar-refractivity contribution in [2.45, 2.75) is 27.7 Å². The molecule has 0 aromatic heterocycles. The number of hydrogen-bond donors (Lipinski definition) is 2. The molecule has 0 aliphatic heterocycles. The van der Waals surface area contributed by atoms with E-state index in [1.165, 1.54) is 0 Å². The predicted molar refractivity (Wildman–Crippen MR) is 94.5 cm³/mol. The van der Waals surface area contributed by atoms with Crippen LogP contribution in [0, 0.1) is 0 Å². The van der Waals surface area contributed by atoms with Crippen molar-refractivity contribution >= 4 is 48.9 Å². The van der Waals surface area contributed by atoms with Crippen LogP contribution in [0.4, 0.5) is 0 Å². The van der Waals surface area contributed by atoms with Crippen molar-refractivity contribution in [3.63, 3.8) is 0 Å². The molecule has 2 amide bonds. The van der Waals surface area contributed by atoms with E-state index in [9.17, 15) is 9.59 Å². The largest absolute Gasteiger partial charge is 1.00 e. The van der Waals surface area contributed by atoms with E-state index in [0.29, 0.717) is 26.4 Å². The fourth-order valence-corrected chi connectivity index (χ4v) is 7.30. The van der Waals surface area contributed by atoms with E-state index in [0.717, 1.165) is 0 Å².